The van der Waals surface area contributed by atoms with Gasteiger partial charge in [0.2, 0.25) is 10.0 Å². The second kappa shape index (κ2) is 6.20. The Morgan fingerprint density at radius 2 is 2.20 bits per heavy atom. The van der Waals surface area contributed by atoms with Crippen LogP contribution >= 0.6 is 0 Å². The fourth-order valence-corrected chi connectivity index (χ4v) is 4.19. The summed E-state index contributed by atoms with van der Waals surface area (Å²) >= 11 is 0. The zero-order chi connectivity index (χ0) is 14.8. The second-order valence-corrected chi connectivity index (χ2v) is 7.31. The van der Waals surface area contributed by atoms with E-state index >= 15 is 0 Å². The number of sulfonamides is 1. The smallest absolute Gasteiger partial charge is 0.243 e. The van der Waals surface area contributed by atoms with E-state index in [2.05, 4.69) is 5.32 Å². The molecule has 0 amide bonds. The summed E-state index contributed by atoms with van der Waals surface area (Å²) in [7, 11) is -3.66. The third-order valence-electron chi connectivity index (χ3n) is 3.54. The highest BCUT2D eigenvalue weighted by molar-refractivity contribution is 7.89. The SMILES string of the molecule is CC(C)N(CC1CCCN1)S(=O)(=O)c1cccc(F)c1. The van der Waals surface area contributed by atoms with E-state index in [0.717, 1.165) is 25.5 Å². The minimum atomic E-state index is -3.66. The summed E-state index contributed by atoms with van der Waals surface area (Å²) in [5.74, 6) is -0.534. The van der Waals surface area contributed by atoms with Gasteiger partial charge in [-0.2, -0.15) is 4.31 Å². The molecule has 1 heterocycles. The number of hydrogen-bond donors (Lipinski definition) is 1. The molecular formula is C14H21FN2O2S. The van der Waals surface area contributed by atoms with Gasteiger partial charge in [0.05, 0.1) is 4.90 Å². The molecule has 1 aromatic rings. The van der Waals surface area contributed by atoms with Crippen LogP contribution < -0.4 is 5.32 Å². The van der Waals surface area contributed by atoms with Gasteiger partial charge in [0.25, 0.3) is 0 Å². The van der Waals surface area contributed by atoms with Crippen molar-refractivity contribution in [1.82, 2.24) is 9.62 Å². The number of nitrogens with zero attached hydrogens (tertiary/aromatic N) is 1. The van der Waals surface area contributed by atoms with Crippen LogP contribution in [0.4, 0.5) is 4.39 Å². The molecule has 1 unspecified atom stereocenters. The predicted molar refractivity (Wildman–Crippen MR) is 76.5 cm³/mol. The molecular weight excluding hydrogens is 279 g/mol. The van der Waals surface area contributed by atoms with Crippen LogP contribution in [0.25, 0.3) is 0 Å². The molecule has 0 saturated carbocycles. The highest BCUT2D eigenvalue weighted by Gasteiger charge is 2.30. The third-order valence-corrected chi connectivity index (χ3v) is 5.58. The standard InChI is InChI=1S/C14H21FN2O2S/c1-11(2)17(10-13-6-4-8-16-13)20(18,19)14-7-3-5-12(15)9-14/h3,5,7,9,11,13,16H,4,6,8,10H2,1-2H3. The summed E-state index contributed by atoms with van der Waals surface area (Å²) in [4.78, 5) is 0.0178. The van der Waals surface area contributed by atoms with E-state index in [4.69, 9.17) is 0 Å². The molecule has 0 radical (unpaired) electrons. The second-order valence-electron chi connectivity index (χ2n) is 5.42. The fourth-order valence-electron chi connectivity index (χ4n) is 2.48. The molecule has 20 heavy (non-hydrogen) atoms. The fraction of sp³-hybridized carbons (Fsp3) is 0.571. The molecule has 1 atom stereocenters. The van der Waals surface area contributed by atoms with Crippen molar-refractivity contribution >= 4 is 10.0 Å². The van der Waals surface area contributed by atoms with Gasteiger partial charge in [-0.05, 0) is 51.4 Å². The van der Waals surface area contributed by atoms with Gasteiger partial charge < -0.3 is 5.32 Å². The van der Waals surface area contributed by atoms with Crippen LogP contribution in [0.15, 0.2) is 29.2 Å². The molecule has 1 aliphatic rings. The minimum Gasteiger partial charge on any atom is -0.313 e. The molecule has 1 saturated heterocycles. The molecule has 6 heteroatoms. The predicted octanol–water partition coefficient (Wildman–Crippen LogP) is 1.98. The molecule has 0 aromatic heterocycles. The average molecular weight is 300 g/mol. The molecule has 1 aromatic carbocycles. The van der Waals surface area contributed by atoms with Gasteiger partial charge in [-0.15, -0.1) is 0 Å². The Hall–Kier alpha value is -0.980. The average Bonchev–Trinajstić information content (AvgIpc) is 2.88. The molecule has 2 rings (SSSR count). The van der Waals surface area contributed by atoms with Gasteiger partial charge in [0.15, 0.2) is 0 Å². The summed E-state index contributed by atoms with van der Waals surface area (Å²) in [6, 6.07) is 5.21. The van der Waals surface area contributed by atoms with Crippen LogP contribution in [-0.2, 0) is 10.0 Å². The Morgan fingerprint density at radius 3 is 2.75 bits per heavy atom. The zero-order valence-electron chi connectivity index (χ0n) is 11.8. The molecule has 1 fully saturated rings. The van der Waals surface area contributed by atoms with Gasteiger partial charge in [-0.25, -0.2) is 12.8 Å². The van der Waals surface area contributed by atoms with Gasteiger partial charge >= 0.3 is 0 Å². The van der Waals surface area contributed by atoms with Crippen LogP contribution in [0, 0.1) is 5.82 Å². The Bertz CT molecular complexity index is 554. The first-order chi connectivity index (χ1) is 9.41. The van der Waals surface area contributed by atoms with Crippen molar-refractivity contribution in [2.45, 2.75) is 43.7 Å². The van der Waals surface area contributed by atoms with Gasteiger partial charge in [0, 0.05) is 18.6 Å². The first-order valence-electron chi connectivity index (χ1n) is 6.92. The van der Waals surface area contributed by atoms with Crippen molar-refractivity contribution < 1.29 is 12.8 Å². The first kappa shape index (κ1) is 15.4. The van der Waals surface area contributed by atoms with Crippen LogP contribution in [0.1, 0.15) is 26.7 Å². The highest BCUT2D eigenvalue weighted by Crippen LogP contribution is 2.21. The van der Waals surface area contributed by atoms with Crippen molar-refractivity contribution in [3.8, 4) is 0 Å². The largest absolute Gasteiger partial charge is 0.313 e. The normalized spacial score (nSPS) is 19.9. The van der Waals surface area contributed by atoms with Crippen LogP contribution in [0.3, 0.4) is 0 Å². The third kappa shape index (κ3) is 3.37. The van der Waals surface area contributed by atoms with E-state index in [9.17, 15) is 12.8 Å². The lowest BCUT2D eigenvalue weighted by Gasteiger charge is -2.28. The summed E-state index contributed by atoms with van der Waals surface area (Å²) in [5, 5.41) is 3.30. The maximum Gasteiger partial charge on any atom is 0.243 e. The zero-order valence-corrected chi connectivity index (χ0v) is 12.7. The summed E-state index contributed by atoms with van der Waals surface area (Å²) in [6.07, 6.45) is 2.04. The number of rotatable bonds is 5. The molecule has 0 aliphatic carbocycles. The van der Waals surface area contributed by atoms with E-state index in [1.807, 2.05) is 13.8 Å². The Kier molecular flexibility index (Phi) is 4.78. The number of nitrogens with one attached hydrogen (secondary N) is 1. The lowest BCUT2D eigenvalue weighted by atomic mass is 10.2. The van der Waals surface area contributed by atoms with Crippen molar-refractivity contribution in [2.75, 3.05) is 13.1 Å². The van der Waals surface area contributed by atoms with E-state index < -0.39 is 15.8 Å². The molecule has 4 nitrogen and oxygen atoms in total. The van der Waals surface area contributed by atoms with E-state index in [-0.39, 0.29) is 17.0 Å². The highest BCUT2D eigenvalue weighted by atomic mass is 32.2. The first-order valence-corrected chi connectivity index (χ1v) is 8.36. The Balaban J connectivity index is 2.27. The maximum absolute atomic E-state index is 13.3. The topological polar surface area (TPSA) is 49.4 Å². The van der Waals surface area contributed by atoms with E-state index in [0.29, 0.717) is 6.54 Å². The summed E-state index contributed by atoms with van der Waals surface area (Å²) < 4.78 is 40.0. The van der Waals surface area contributed by atoms with Crippen molar-refractivity contribution in [2.24, 2.45) is 0 Å². The van der Waals surface area contributed by atoms with Gasteiger partial charge in [0.1, 0.15) is 5.82 Å². The number of halogens is 1. The summed E-state index contributed by atoms with van der Waals surface area (Å²) in [5.41, 5.74) is 0. The number of benzene rings is 1. The molecule has 1 aliphatic heterocycles. The van der Waals surface area contributed by atoms with Crippen LogP contribution in [0.5, 0.6) is 0 Å². The molecule has 0 bridgehead atoms. The van der Waals surface area contributed by atoms with Crippen LogP contribution in [0.2, 0.25) is 0 Å². The Morgan fingerprint density at radius 1 is 1.45 bits per heavy atom. The van der Waals surface area contributed by atoms with Crippen molar-refractivity contribution in [3.63, 3.8) is 0 Å². The monoisotopic (exact) mass is 300 g/mol. The van der Waals surface area contributed by atoms with E-state index in [1.165, 1.54) is 22.5 Å². The van der Waals surface area contributed by atoms with Crippen molar-refractivity contribution in [1.29, 1.82) is 0 Å². The maximum atomic E-state index is 13.3. The quantitative estimate of drug-likeness (QED) is 0.904. The number of hydrogen-bond acceptors (Lipinski definition) is 3. The van der Waals surface area contributed by atoms with Crippen LogP contribution in [-0.4, -0.2) is 37.9 Å². The molecule has 0 spiro atoms. The molecule has 112 valence electrons. The molecule has 1 N–H and O–H groups in total. The van der Waals surface area contributed by atoms with Crippen molar-refractivity contribution in [3.05, 3.63) is 30.1 Å². The van der Waals surface area contributed by atoms with Gasteiger partial charge in [-0.3, -0.25) is 0 Å². The lowest BCUT2D eigenvalue weighted by Crippen LogP contribution is -2.44. The van der Waals surface area contributed by atoms with Gasteiger partial charge in [-0.1, -0.05) is 6.07 Å². The summed E-state index contributed by atoms with van der Waals surface area (Å²) in [6.45, 7) is 5.03. The minimum absolute atomic E-state index is 0.0178. The lowest BCUT2D eigenvalue weighted by molar-refractivity contribution is 0.322. The van der Waals surface area contributed by atoms with E-state index in [1.54, 1.807) is 0 Å². The Labute approximate surface area is 120 Å².